The number of pyridine rings is 1. The molecule has 0 fully saturated rings. The van der Waals surface area contributed by atoms with Crippen molar-refractivity contribution in [1.29, 1.82) is 0 Å². The summed E-state index contributed by atoms with van der Waals surface area (Å²) < 4.78 is 0. The summed E-state index contributed by atoms with van der Waals surface area (Å²) in [5.74, 6) is 0.636. The van der Waals surface area contributed by atoms with Crippen LogP contribution in [-0.4, -0.2) is 4.98 Å². The zero-order valence-corrected chi connectivity index (χ0v) is 20.2. The van der Waals surface area contributed by atoms with E-state index in [1.54, 1.807) is 0 Å². The lowest BCUT2D eigenvalue weighted by molar-refractivity contribution is 0.411. The molecule has 0 atom stereocenters. The quantitative estimate of drug-likeness (QED) is 0.285. The molecule has 0 radical (unpaired) electrons. The Kier molecular flexibility index (Phi) is 4.97. The van der Waals surface area contributed by atoms with Crippen LogP contribution in [0.4, 0.5) is 0 Å². The summed E-state index contributed by atoms with van der Waals surface area (Å²) in [5, 5.41) is 2.57. The molecule has 3 aromatic carbocycles. The van der Waals surface area contributed by atoms with Gasteiger partial charge in [-0.3, -0.25) is 4.98 Å². The van der Waals surface area contributed by atoms with E-state index in [1.807, 2.05) is 6.20 Å². The second-order valence-electron chi connectivity index (χ2n) is 11.2. The molecule has 1 heterocycles. The lowest BCUT2D eigenvalue weighted by atomic mass is 9.85. The molecular weight excluding hydrogens is 386 g/mol. The van der Waals surface area contributed by atoms with Crippen LogP contribution in [0.25, 0.3) is 44.3 Å². The molecule has 0 spiro atoms. The maximum Gasteiger partial charge on any atom is 0.0792 e. The molecule has 1 nitrogen and oxygen atoms in total. The zero-order valence-electron chi connectivity index (χ0n) is 20.2. The van der Waals surface area contributed by atoms with Crippen LogP contribution in [0.15, 0.2) is 60.8 Å². The van der Waals surface area contributed by atoms with Crippen molar-refractivity contribution in [3.8, 4) is 33.5 Å². The van der Waals surface area contributed by atoms with Crippen LogP contribution in [-0.2, 0) is 12.8 Å². The average Bonchev–Trinajstić information content (AvgIpc) is 2.81. The van der Waals surface area contributed by atoms with Crippen molar-refractivity contribution in [3.63, 3.8) is 0 Å². The third-order valence-electron chi connectivity index (χ3n) is 6.40. The normalized spacial score (nSPS) is 12.6. The van der Waals surface area contributed by atoms with Crippen LogP contribution in [0.1, 0.15) is 51.3 Å². The van der Waals surface area contributed by atoms with E-state index in [1.165, 1.54) is 55.3 Å². The molecule has 0 bridgehead atoms. The third-order valence-corrected chi connectivity index (χ3v) is 6.40. The Morgan fingerprint density at radius 1 is 0.750 bits per heavy atom. The number of nitrogens with zero attached hydrogens (tertiary/aromatic N) is 1. The van der Waals surface area contributed by atoms with E-state index in [2.05, 4.69) is 96.1 Å². The smallest absolute Gasteiger partial charge is 0.0792 e. The summed E-state index contributed by atoms with van der Waals surface area (Å²) in [7, 11) is 0. The Hall–Kier alpha value is -2.93. The minimum absolute atomic E-state index is 0.241. The van der Waals surface area contributed by atoms with Crippen molar-refractivity contribution in [2.24, 2.45) is 11.3 Å². The average molecular weight is 420 g/mol. The van der Waals surface area contributed by atoms with Gasteiger partial charge < -0.3 is 0 Å². The minimum Gasteiger partial charge on any atom is -0.256 e. The van der Waals surface area contributed by atoms with E-state index < -0.39 is 0 Å². The fourth-order valence-electron chi connectivity index (χ4n) is 5.24. The number of fused-ring (bicyclic) bond motifs is 5. The van der Waals surface area contributed by atoms with E-state index in [4.69, 9.17) is 4.98 Å². The van der Waals surface area contributed by atoms with Crippen LogP contribution >= 0.6 is 0 Å². The van der Waals surface area contributed by atoms with Gasteiger partial charge in [-0.1, -0.05) is 88.7 Å². The van der Waals surface area contributed by atoms with Gasteiger partial charge in [-0.05, 0) is 75.9 Å². The molecule has 4 aromatic rings. The monoisotopic (exact) mass is 419 g/mol. The Morgan fingerprint density at radius 2 is 1.47 bits per heavy atom. The molecule has 0 unspecified atom stereocenters. The topological polar surface area (TPSA) is 12.9 Å². The molecule has 0 N–H and O–H groups in total. The predicted octanol–water partition coefficient (Wildman–Crippen LogP) is 8.64. The van der Waals surface area contributed by atoms with Crippen LogP contribution < -0.4 is 0 Å². The lowest BCUT2D eigenvalue weighted by Crippen LogP contribution is -2.09. The van der Waals surface area contributed by atoms with Gasteiger partial charge >= 0.3 is 0 Å². The number of hydrogen-bond acceptors (Lipinski definition) is 1. The standard InChI is InChI=1S/C31H33N/c1-19(2)13-21-8-10-24-27(16-21)26-14-20(3)7-9-25(26)30-29-23(11-12-32-30)15-22(17-28(24)29)18-31(4,5)6/h7-12,14-17,19H,13,18H2,1-6H3. The molecule has 0 amide bonds. The summed E-state index contributed by atoms with van der Waals surface area (Å²) in [5.41, 5.74) is 12.0. The fourth-order valence-corrected chi connectivity index (χ4v) is 5.24. The van der Waals surface area contributed by atoms with Gasteiger partial charge in [-0.25, -0.2) is 0 Å². The highest BCUT2D eigenvalue weighted by atomic mass is 14.7. The molecule has 5 rings (SSSR count). The summed E-state index contributed by atoms with van der Waals surface area (Å²) in [6.45, 7) is 13.7. The van der Waals surface area contributed by atoms with E-state index in [0.29, 0.717) is 5.92 Å². The molecule has 1 aromatic heterocycles. The molecule has 32 heavy (non-hydrogen) atoms. The van der Waals surface area contributed by atoms with Crippen LogP contribution in [0, 0.1) is 18.3 Å². The van der Waals surface area contributed by atoms with Gasteiger partial charge in [0, 0.05) is 17.1 Å². The Balaban J connectivity index is 1.88. The molecule has 0 saturated carbocycles. The van der Waals surface area contributed by atoms with Crippen molar-refractivity contribution in [2.75, 3.05) is 0 Å². The first-order valence-corrected chi connectivity index (χ1v) is 11.9. The molecule has 0 saturated heterocycles. The zero-order chi connectivity index (χ0) is 22.6. The van der Waals surface area contributed by atoms with Gasteiger partial charge in [-0.2, -0.15) is 0 Å². The summed E-state index contributed by atoms with van der Waals surface area (Å²) >= 11 is 0. The summed E-state index contributed by atoms with van der Waals surface area (Å²) in [4.78, 5) is 4.93. The van der Waals surface area contributed by atoms with Gasteiger partial charge in [0.2, 0.25) is 0 Å². The summed E-state index contributed by atoms with van der Waals surface area (Å²) in [6.07, 6.45) is 4.13. The Morgan fingerprint density at radius 3 is 2.22 bits per heavy atom. The predicted molar refractivity (Wildman–Crippen MR) is 138 cm³/mol. The van der Waals surface area contributed by atoms with Crippen LogP contribution in [0.2, 0.25) is 0 Å². The first-order chi connectivity index (χ1) is 15.2. The second-order valence-corrected chi connectivity index (χ2v) is 11.2. The Labute approximate surface area is 192 Å². The highest BCUT2D eigenvalue weighted by molar-refractivity contribution is 6.12. The SMILES string of the molecule is Cc1ccc2c(c1)-c1cc(CC(C)C)ccc1-c1cc(CC(C)(C)C)cc3ccnc-2c13. The van der Waals surface area contributed by atoms with Crippen molar-refractivity contribution in [2.45, 2.75) is 54.4 Å². The van der Waals surface area contributed by atoms with Crippen LogP contribution in [0.5, 0.6) is 0 Å². The largest absolute Gasteiger partial charge is 0.256 e. The highest BCUT2D eigenvalue weighted by Gasteiger charge is 2.24. The molecule has 162 valence electrons. The molecule has 1 aliphatic rings. The number of aryl methyl sites for hydroxylation is 1. The van der Waals surface area contributed by atoms with Crippen LogP contribution in [0.3, 0.4) is 0 Å². The highest BCUT2D eigenvalue weighted by Crippen LogP contribution is 2.48. The van der Waals surface area contributed by atoms with Gasteiger partial charge in [0.25, 0.3) is 0 Å². The summed E-state index contributed by atoms with van der Waals surface area (Å²) in [6, 6.07) is 20.9. The molecule has 1 aliphatic carbocycles. The van der Waals surface area contributed by atoms with Gasteiger partial charge in [0.1, 0.15) is 0 Å². The molecular formula is C31H33N. The first kappa shape index (κ1) is 20.9. The van der Waals surface area contributed by atoms with Crippen molar-refractivity contribution >= 4 is 10.8 Å². The van der Waals surface area contributed by atoms with Gasteiger partial charge in [-0.15, -0.1) is 0 Å². The first-order valence-electron chi connectivity index (χ1n) is 11.9. The number of hydrogen-bond donors (Lipinski definition) is 0. The van der Waals surface area contributed by atoms with Gasteiger partial charge in [0.15, 0.2) is 0 Å². The van der Waals surface area contributed by atoms with Crippen molar-refractivity contribution in [1.82, 2.24) is 4.98 Å². The maximum absolute atomic E-state index is 4.93. The van der Waals surface area contributed by atoms with Crippen molar-refractivity contribution < 1.29 is 0 Å². The number of aromatic nitrogens is 1. The molecule has 1 heteroatoms. The Bertz CT molecular complexity index is 1330. The number of benzene rings is 3. The third kappa shape index (κ3) is 3.75. The van der Waals surface area contributed by atoms with Gasteiger partial charge in [0.05, 0.1) is 5.69 Å². The fraction of sp³-hybridized carbons (Fsp3) is 0.323. The number of rotatable bonds is 3. The minimum atomic E-state index is 0.241. The van der Waals surface area contributed by atoms with E-state index >= 15 is 0 Å². The second kappa shape index (κ2) is 7.59. The van der Waals surface area contributed by atoms with E-state index in [0.717, 1.165) is 18.5 Å². The van der Waals surface area contributed by atoms with Crippen molar-refractivity contribution in [3.05, 3.63) is 77.5 Å². The maximum atomic E-state index is 4.93. The van der Waals surface area contributed by atoms with E-state index in [9.17, 15) is 0 Å². The molecule has 0 aliphatic heterocycles. The lowest BCUT2D eigenvalue weighted by Gasteiger charge is -2.20. The van der Waals surface area contributed by atoms with E-state index in [-0.39, 0.29) is 5.41 Å².